The van der Waals surface area contributed by atoms with Crippen molar-refractivity contribution >= 4 is 15.9 Å². The van der Waals surface area contributed by atoms with Crippen LogP contribution in [-0.2, 0) is 20.2 Å². The molecule has 1 aliphatic carbocycles. The first-order chi connectivity index (χ1) is 12.6. The highest BCUT2D eigenvalue weighted by Crippen LogP contribution is 2.24. The van der Waals surface area contributed by atoms with E-state index in [1.54, 1.807) is 12.1 Å². The van der Waals surface area contributed by atoms with Gasteiger partial charge in [0.1, 0.15) is 6.04 Å². The van der Waals surface area contributed by atoms with Gasteiger partial charge in [0.2, 0.25) is 15.9 Å². The summed E-state index contributed by atoms with van der Waals surface area (Å²) in [5.41, 5.74) is 0.938. The zero-order valence-corrected chi connectivity index (χ0v) is 17.3. The number of amides is 1. The molecule has 0 radical (unpaired) electrons. The minimum Gasteiger partial charge on any atom is -0.394 e. The minimum atomic E-state index is -3.89. The zero-order chi connectivity index (χ0) is 20.1. The van der Waals surface area contributed by atoms with Gasteiger partial charge in [0.05, 0.1) is 11.5 Å². The molecule has 0 aliphatic heterocycles. The van der Waals surface area contributed by atoms with E-state index in [1.165, 1.54) is 31.4 Å². The summed E-state index contributed by atoms with van der Waals surface area (Å²) >= 11 is 0. The second kappa shape index (κ2) is 9.17. The molecule has 7 heteroatoms. The summed E-state index contributed by atoms with van der Waals surface area (Å²) in [7, 11) is -3.89. The van der Waals surface area contributed by atoms with E-state index < -0.39 is 28.6 Å². The lowest BCUT2D eigenvalue weighted by atomic mass is 9.87. The van der Waals surface area contributed by atoms with Gasteiger partial charge < -0.3 is 10.4 Å². The van der Waals surface area contributed by atoms with E-state index in [0.29, 0.717) is 12.5 Å². The summed E-state index contributed by atoms with van der Waals surface area (Å²) in [5, 5.41) is 12.3. The Balaban J connectivity index is 1.99. The third-order valence-corrected chi connectivity index (χ3v) is 6.60. The maximum absolute atomic E-state index is 12.6. The van der Waals surface area contributed by atoms with E-state index in [0.717, 1.165) is 18.4 Å². The van der Waals surface area contributed by atoms with Crippen molar-refractivity contribution in [2.45, 2.75) is 69.2 Å². The Bertz CT molecular complexity index is 717. The first kappa shape index (κ1) is 21.9. The van der Waals surface area contributed by atoms with Gasteiger partial charge >= 0.3 is 0 Å². The molecular formula is C20H32N2O4S. The molecule has 1 atom stereocenters. The number of nitrogens with one attached hydrogen (secondary N) is 2. The molecule has 0 bridgehead atoms. The van der Waals surface area contributed by atoms with Gasteiger partial charge in [0.15, 0.2) is 0 Å². The summed E-state index contributed by atoms with van der Waals surface area (Å²) in [5.74, 6) is -0.0541. The monoisotopic (exact) mass is 396 g/mol. The van der Waals surface area contributed by atoms with E-state index in [2.05, 4.69) is 10.0 Å². The van der Waals surface area contributed by atoms with Gasteiger partial charge in [-0.25, -0.2) is 8.42 Å². The highest BCUT2D eigenvalue weighted by Gasteiger charge is 2.26. The third-order valence-electron chi connectivity index (χ3n) is 5.12. The van der Waals surface area contributed by atoms with Crippen LogP contribution in [0.5, 0.6) is 0 Å². The van der Waals surface area contributed by atoms with Crippen LogP contribution in [0.1, 0.15) is 58.4 Å². The Morgan fingerprint density at radius 3 is 2.26 bits per heavy atom. The first-order valence-corrected chi connectivity index (χ1v) is 11.1. The topological polar surface area (TPSA) is 95.5 Å². The van der Waals surface area contributed by atoms with Crippen LogP contribution in [0.25, 0.3) is 0 Å². The number of hydrogen-bond acceptors (Lipinski definition) is 4. The second-order valence-electron chi connectivity index (χ2n) is 8.38. The van der Waals surface area contributed by atoms with Gasteiger partial charge in [-0.05, 0) is 41.9 Å². The average Bonchev–Trinajstić information content (AvgIpc) is 2.64. The molecule has 1 amide bonds. The largest absolute Gasteiger partial charge is 0.394 e. The van der Waals surface area contributed by atoms with Crippen LogP contribution in [0.3, 0.4) is 0 Å². The Hall–Kier alpha value is -1.44. The summed E-state index contributed by atoms with van der Waals surface area (Å²) in [6.45, 7) is 6.08. The van der Waals surface area contributed by atoms with Crippen molar-refractivity contribution in [2.75, 3.05) is 13.2 Å². The molecular weight excluding hydrogens is 364 g/mol. The van der Waals surface area contributed by atoms with Crippen LogP contribution in [0.4, 0.5) is 0 Å². The van der Waals surface area contributed by atoms with E-state index in [-0.39, 0.29) is 10.3 Å². The van der Waals surface area contributed by atoms with E-state index in [1.807, 2.05) is 20.8 Å². The molecule has 1 aromatic carbocycles. The van der Waals surface area contributed by atoms with Gasteiger partial charge in [0, 0.05) is 6.54 Å². The molecule has 3 N–H and O–H groups in total. The molecule has 2 rings (SSSR count). The zero-order valence-electron chi connectivity index (χ0n) is 16.5. The quantitative estimate of drug-likeness (QED) is 0.659. The van der Waals surface area contributed by atoms with Gasteiger partial charge in [-0.1, -0.05) is 52.2 Å². The number of carbonyl (C=O) groups excluding carboxylic acids is 1. The van der Waals surface area contributed by atoms with Crippen LogP contribution < -0.4 is 10.0 Å². The van der Waals surface area contributed by atoms with Gasteiger partial charge in [-0.3, -0.25) is 4.79 Å². The highest BCUT2D eigenvalue weighted by molar-refractivity contribution is 7.89. The molecule has 0 aromatic heterocycles. The molecule has 6 nitrogen and oxygen atoms in total. The molecule has 1 aliphatic rings. The van der Waals surface area contributed by atoms with Crippen molar-refractivity contribution in [3.05, 3.63) is 29.8 Å². The van der Waals surface area contributed by atoms with Crippen LogP contribution in [-0.4, -0.2) is 38.6 Å². The lowest BCUT2D eigenvalue weighted by molar-refractivity contribution is -0.123. The van der Waals surface area contributed by atoms with Crippen molar-refractivity contribution < 1.29 is 18.3 Å². The molecule has 1 saturated carbocycles. The van der Waals surface area contributed by atoms with Gasteiger partial charge in [-0.15, -0.1) is 0 Å². The molecule has 0 saturated heterocycles. The van der Waals surface area contributed by atoms with Crippen LogP contribution in [0, 0.1) is 5.92 Å². The van der Waals surface area contributed by atoms with Crippen molar-refractivity contribution in [2.24, 2.45) is 5.92 Å². The van der Waals surface area contributed by atoms with Crippen molar-refractivity contribution in [3.63, 3.8) is 0 Å². The van der Waals surface area contributed by atoms with E-state index >= 15 is 0 Å². The molecule has 0 heterocycles. The number of hydrogen-bond donors (Lipinski definition) is 3. The SMILES string of the molecule is CC(C)(C)c1ccc(S(=O)(=O)NC(CO)C(=O)NCC2CCCCC2)cc1. The number of benzene rings is 1. The van der Waals surface area contributed by atoms with Crippen LogP contribution in [0.15, 0.2) is 29.2 Å². The fraction of sp³-hybridized carbons (Fsp3) is 0.650. The van der Waals surface area contributed by atoms with Crippen molar-refractivity contribution in [3.8, 4) is 0 Å². The predicted octanol–water partition coefficient (Wildman–Crippen LogP) is 2.32. The molecule has 0 spiro atoms. The summed E-state index contributed by atoms with van der Waals surface area (Å²) in [6.07, 6.45) is 5.73. The third kappa shape index (κ3) is 6.30. The van der Waals surface area contributed by atoms with Crippen LogP contribution >= 0.6 is 0 Å². The molecule has 27 heavy (non-hydrogen) atoms. The van der Waals surface area contributed by atoms with E-state index in [4.69, 9.17) is 0 Å². The Morgan fingerprint density at radius 2 is 1.74 bits per heavy atom. The Labute approximate surface area is 162 Å². The number of carbonyl (C=O) groups is 1. The molecule has 1 aromatic rings. The predicted molar refractivity (Wildman–Crippen MR) is 106 cm³/mol. The van der Waals surface area contributed by atoms with E-state index in [9.17, 15) is 18.3 Å². The maximum atomic E-state index is 12.6. The fourth-order valence-corrected chi connectivity index (χ4v) is 4.51. The Kier molecular flexibility index (Phi) is 7.42. The highest BCUT2D eigenvalue weighted by atomic mass is 32.2. The van der Waals surface area contributed by atoms with Crippen molar-refractivity contribution in [1.82, 2.24) is 10.0 Å². The standard InChI is InChI=1S/C20H32N2O4S/c1-20(2,3)16-9-11-17(12-10-16)27(25,26)22-18(14-23)19(24)21-13-15-7-5-4-6-8-15/h9-12,15,18,22-23H,4-8,13-14H2,1-3H3,(H,21,24). The maximum Gasteiger partial charge on any atom is 0.241 e. The van der Waals surface area contributed by atoms with Crippen molar-refractivity contribution in [1.29, 1.82) is 0 Å². The summed E-state index contributed by atoms with van der Waals surface area (Å²) in [6, 6.07) is 5.40. The molecule has 1 fully saturated rings. The summed E-state index contributed by atoms with van der Waals surface area (Å²) in [4.78, 5) is 12.4. The molecule has 152 valence electrons. The number of sulfonamides is 1. The van der Waals surface area contributed by atoms with Crippen LogP contribution in [0.2, 0.25) is 0 Å². The number of rotatable bonds is 7. The van der Waals surface area contributed by atoms with Gasteiger partial charge in [0.25, 0.3) is 0 Å². The number of aliphatic hydroxyl groups excluding tert-OH is 1. The van der Waals surface area contributed by atoms with Gasteiger partial charge in [-0.2, -0.15) is 4.72 Å². The molecule has 1 unspecified atom stereocenters. The second-order valence-corrected chi connectivity index (χ2v) is 10.1. The fourth-order valence-electron chi connectivity index (χ4n) is 3.32. The Morgan fingerprint density at radius 1 is 1.15 bits per heavy atom. The lowest BCUT2D eigenvalue weighted by Crippen LogP contribution is -2.49. The summed E-state index contributed by atoms with van der Waals surface area (Å²) < 4.78 is 27.5. The lowest BCUT2D eigenvalue weighted by Gasteiger charge is -2.23. The number of aliphatic hydroxyl groups is 1. The smallest absolute Gasteiger partial charge is 0.241 e. The average molecular weight is 397 g/mol. The minimum absolute atomic E-state index is 0.0778. The normalized spacial score (nSPS) is 17.5. The first-order valence-electron chi connectivity index (χ1n) is 9.65.